The number of nitrogens with zero attached hydrogens (tertiary/aromatic N) is 2. The third-order valence-corrected chi connectivity index (χ3v) is 5.40. The number of hydrogen-bond donors (Lipinski definition) is 2. The van der Waals surface area contributed by atoms with Crippen LogP contribution in [0.25, 0.3) is 0 Å². The molecular formula is C22H30N4O2. The van der Waals surface area contributed by atoms with Crippen LogP contribution in [-0.4, -0.2) is 27.9 Å². The predicted octanol–water partition coefficient (Wildman–Crippen LogP) is 3.86. The van der Waals surface area contributed by atoms with E-state index in [9.17, 15) is 9.59 Å². The summed E-state index contributed by atoms with van der Waals surface area (Å²) in [5, 5.41) is 5.93. The van der Waals surface area contributed by atoms with Crippen molar-refractivity contribution in [3.05, 3.63) is 46.5 Å². The first kappa shape index (κ1) is 20.1. The number of benzene rings is 1. The van der Waals surface area contributed by atoms with Gasteiger partial charge < -0.3 is 15.2 Å². The molecule has 2 N–H and O–H groups in total. The van der Waals surface area contributed by atoms with Crippen molar-refractivity contribution >= 4 is 17.5 Å². The summed E-state index contributed by atoms with van der Waals surface area (Å²) in [6, 6.07) is 5.83. The monoisotopic (exact) mass is 382 g/mol. The van der Waals surface area contributed by atoms with E-state index in [2.05, 4.69) is 29.5 Å². The lowest BCUT2D eigenvalue weighted by Gasteiger charge is -2.17. The molecule has 2 heterocycles. The second kappa shape index (κ2) is 8.59. The molecule has 1 aromatic heterocycles. The summed E-state index contributed by atoms with van der Waals surface area (Å²) in [4.78, 5) is 30.1. The smallest absolute Gasteiger partial charge is 0.291 e. The van der Waals surface area contributed by atoms with E-state index in [1.807, 2.05) is 36.6 Å². The number of amides is 2. The highest BCUT2D eigenvalue weighted by molar-refractivity contribution is 6.04. The van der Waals surface area contributed by atoms with E-state index < -0.39 is 0 Å². The van der Waals surface area contributed by atoms with E-state index >= 15 is 0 Å². The average Bonchev–Trinajstić information content (AvgIpc) is 3.05. The number of hydrogen-bond acceptors (Lipinski definition) is 3. The molecule has 0 saturated carbocycles. The van der Waals surface area contributed by atoms with Crippen LogP contribution in [0.4, 0.5) is 5.69 Å². The minimum atomic E-state index is -0.266. The Labute approximate surface area is 166 Å². The van der Waals surface area contributed by atoms with Gasteiger partial charge in [-0.2, -0.15) is 0 Å². The first-order valence-corrected chi connectivity index (χ1v) is 10.1. The number of carbonyl (C=O) groups excluding carboxylic acids is 2. The molecule has 0 fully saturated rings. The van der Waals surface area contributed by atoms with Crippen LogP contribution in [0.2, 0.25) is 0 Å². The van der Waals surface area contributed by atoms with Gasteiger partial charge in [0.25, 0.3) is 11.8 Å². The lowest BCUT2D eigenvalue weighted by Crippen LogP contribution is -2.27. The Kier molecular flexibility index (Phi) is 6.17. The van der Waals surface area contributed by atoms with Gasteiger partial charge in [-0.05, 0) is 62.6 Å². The molecule has 2 aromatic rings. The van der Waals surface area contributed by atoms with E-state index in [0.29, 0.717) is 24.0 Å². The Morgan fingerprint density at radius 1 is 1.18 bits per heavy atom. The molecule has 1 aromatic carbocycles. The van der Waals surface area contributed by atoms with Crippen LogP contribution in [0.3, 0.4) is 0 Å². The summed E-state index contributed by atoms with van der Waals surface area (Å²) in [7, 11) is 0. The van der Waals surface area contributed by atoms with Crippen molar-refractivity contribution in [2.45, 2.75) is 59.9 Å². The van der Waals surface area contributed by atoms with Gasteiger partial charge >= 0.3 is 0 Å². The molecule has 6 heteroatoms. The molecule has 6 nitrogen and oxygen atoms in total. The number of anilines is 1. The van der Waals surface area contributed by atoms with Crippen molar-refractivity contribution in [3.8, 4) is 0 Å². The molecule has 28 heavy (non-hydrogen) atoms. The third-order valence-electron chi connectivity index (χ3n) is 5.40. The maximum absolute atomic E-state index is 13.0. The molecule has 150 valence electrons. The zero-order chi connectivity index (χ0) is 20.3. The molecule has 1 aliphatic rings. The standard InChI is InChI=1S/C22H30N4O2/c1-14(2)11-12-23-21(27)19-18-10-5-6-13-26(18)20(25-19)22(28)24-17-9-7-8-15(3)16(17)4/h7-9,14H,5-6,10-13H2,1-4H3,(H,23,27)(H,24,28). The van der Waals surface area contributed by atoms with Gasteiger partial charge in [0.05, 0.1) is 5.69 Å². The Hall–Kier alpha value is -2.63. The molecule has 0 spiro atoms. The Morgan fingerprint density at radius 2 is 1.96 bits per heavy atom. The molecule has 0 atom stereocenters. The van der Waals surface area contributed by atoms with Crippen molar-refractivity contribution in [1.82, 2.24) is 14.9 Å². The van der Waals surface area contributed by atoms with Crippen LogP contribution >= 0.6 is 0 Å². The zero-order valence-electron chi connectivity index (χ0n) is 17.3. The van der Waals surface area contributed by atoms with Crippen molar-refractivity contribution < 1.29 is 9.59 Å². The summed E-state index contributed by atoms with van der Waals surface area (Å²) in [5.74, 6) is 0.398. The summed E-state index contributed by atoms with van der Waals surface area (Å²) in [6.07, 6.45) is 3.69. The number of imidazole rings is 1. The molecule has 0 unspecified atom stereocenters. The van der Waals surface area contributed by atoms with E-state index in [-0.39, 0.29) is 11.8 Å². The summed E-state index contributed by atoms with van der Waals surface area (Å²) >= 11 is 0. The second-order valence-electron chi connectivity index (χ2n) is 7.98. The minimum absolute atomic E-state index is 0.183. The molecular weight excluding hydrogens is 352 g/mol. The number of carbonyl (C=O) groups is 2. The molecule has 0 aliphatic carbocycles. The normalized spacial score (nSPS) is 13.3. The van der Waals surface area contributed by atoms with Gasteiger partial charge in [0.1, 0.15) is 5.69 Å². The van der Waals surface area contributed by atoms with Gasteiger partial charge in [0.15, 0.2) is 5.82 Å². The number of aryl methyl sites for hydroxylation is 1. The van der Waals surface area contributed by atoms with Crippen LogP contribution in [0.15, 0.2) is 18.2 Å². The summed E-state index contributed by atoms with van der Waals surface area (Å²) in [5.41, 5.74) is 4.20. The largest absolute Gasteiger partial charge is 0.351 e. The quantitative estimate of drug-likeness (QED) is 0.796. The van der Waals surface area contributed by atoms with Gasteiger partial charge in [0, 0.05) is 18.8 Å². The topological polar surface area (TPSA) is 76.0 Å². The van der Waals surface area contributed by atoms with Crippen LogP contribution in [0.5, 0.6) is 0 Å². The van der Waals surface area contributed by atoms with Gasteiger partial charge in [0.2, 0.25) is 0 Å². The van der Waals surface area contributed by atoms with Crippen LogP contribution in [0.1, 0.15) is 71.0 Å². The molecule has 3 rings (SSSR count). The molecule has 0 radical (unpaired) electrons. The van der Waals surface area contributed by atoms with E-state index in [0.717, 1.165) is 54.7 Å². The van der Waals surface area contributed by atoms with Crippen LogP contribution in [0, 0.1) is 19.8 Å². The number of aromatic nitrogens is 2. The number of fused-ring (bicyclic) bond motifs is 1. The van der Waals surface area contributed by atoms with Gasteiger partial charge in [-0.15, -0.1) is 0 Å². The van der Waals surface area contributed by atoms with Crippen molar-refractivity contribution in [2.24, 2.45) is 5.92 Å². The fraction of sp³-hybridized carbons (Fsp3) is 0.500. The Morgan fingerprint density at radius 3 is 2.71 bits per heavy atom. The first-order chi connectivity index (χ1) is 13.4. The third kappa shape index (κ3) is 4.26. The fourth-order valence-corrected chi connectivity index (χ4v) is 3.52. The Bertz CT molecular complexity index is 883. The average molecular weight is 383 g/mol. The lowest BCUT2D eigenvalue weighted by molar-refractivity contribution is 0.0946. The van der Waals surface area contributed by atoms with Crippen molar-refractivity contribution in [3.63, 3.8) is 0 Å². The molecule has 0 saturated heterocycles. The van der Waals surface area contributed by atoms with Gasteiger partial charge in [-0.1, -0.05) is 26.0 Å². The van der Waals surface area contributed by atoms with Crippen molar-refractivity contribution in [1.29, 1.82) is 0 Å². The van der Waals surface area contributed by atoms with E-state index in [1.54, 1.807) is 0 Å². The first-order valence-electron chi connectivity index (χ1n) is 10.1. The van der Waals surface area contributed by atoms with Crippen molar-refractivity contribution in [2.75, 3.05) is 11.9 Å². The lowest BCUT2D eigenvalue weighted by atomic mass is 10.1. The highest BCUT2D eigenvalue weighted by Crippen LogP contribution is 2.23. The van der Waals surface area contributed by atoms with Gasteiger partial charge in [-0.3, -0.25) is 9.59 Å². The summed E-state index contributed by atoms with van der Waals surface area (Å²) < 4.78 is 1.92. The molecule has 0 bridgehead atoms. The maximum atomic E-state index is 13.0. The van der Waals surface area contributed by atoms with E-state index in [4.69, 9.17) is 0 Å². The maximum Gasteiger partial charge on any atom is 0.291 e. The molecule has 1 aliphatic heterocycles. The molecule has 2 amide bonds. The van der Waals surface area contributed by atoms with E-state index in [1.165, 1.54) is 0 Å². The minimum Gasteiger partial charge on any atom is -0.351 e. The zero-order valence-corrected chi connectivity index (χ0v) is 17.3. The fourth-order valence-electron chi connectivity index (χ4n) is 3.52. The number of rotatable bonds is 6. The highest BCUT2D eigenvalue weighted by Gasteiger charge is 2.27. The second-order valence-corrected chi connectivity index (χ2v) is 7.98. The van der Waals surface area contributed by atoms with Gasteiger partial charge in [-0.25, -0.2) is 4.98 Å². The SMILES string of the molecule is Cc1cccc(NC(=O)c2nc(C(=O)NCCC(C)C)c3n2CCCC3)c1C. The van der Waals surface area contributed by atoms with Crippen LogP contribution < -0.4 is 10.6 Å². The number of nitrogens with one attached hydrogen (secondary N) is 2. The van der Waals surface area contributed by atoms with Crippen LogP contribution in [-0.2, 0) is 13.0 Å². The Balaban J connectivity index is 1.85. The highest BCUT2D eigenvalue weighted by atomic mass is 16.2. The predicted molar refractivity (Wildman–Crippen MR) is 111 cm³/mol. The summed E-state index contributed by atoms with van der Waals surface area (Å²) in [6.45, 7) is 9.59.